The highest BCUT2D eigenvalue weighted by Crippen LogP contribution is 2.23. The van der Waals surface area contributed by atoms with Gasteiger partial charge in [-0.25, -0.2) is 4.79 Å². The van der Waals surface area contributed by atoms with Crippen LogP contribution in [-0.4, -0.2) is 58.2 Å². The van der Waals surface area contributed by atoms with Gasteiger partial charge in [0.25, 0.3) is 11.8 Å². The van der Waals surface area contributed by atoms with Crippen LogP contribution in [0.5, 0.6) is 5.75 Å². The quantitative estimate of drug-likeness (QED) is 0.420. The van der Waals surface area contributed by atoms with Crippen LogP contribution in [0.25, 0.3) is 5.69 Å². The third-order valence-electron chi connectivity index (χ3n) is 4.53. The number of benzene rings is 2. The molecule has 31 heavy (non-hydrogen) atoms. The predicted octanol–water partition coefficient (Wildman–Crippen LogP) is 1.97. The molecule has 10 heteroatoms. The Balaban J connectivity index is 1.48. The standard InChI is InChI=1S/C21H18N4O6/c1-13-18(21(28)31-24-19(26)16-5-3-4-6-17(16)20(24)27)23-25(22-13)14-7-9-15(10-8-14)30-12-11-29-2/h3-10H,11-12H2,1-2H3. The Morgan fingerprint density at radius 2 is 1.58 bits per heavy atom. The van der Waals surface area contributed by atoms with Crippen LogP contribution in [0.1, 0.15) is 36.9 Å². The Morgan fingerprint density at radius 3 is 2.19 bits per heavy atom. The minimum atomic E-state index is -0.960. The lowest BCUT2D eigenvalue weighted by Gasteiger charge is -2.11. The Kier molecular flexibility index (Phi) is 5.46. The average Bonchev–Trinajstić information content (AvgIpc) is 3.28. The second-order valence-electron chi connectivity index (χ2n) is 6.59. The first-order valence-corrected chi connectivity index (χ1v) is 9.36. The second-order valence-corrected chi connectivity index (χ2v) is 6.59. The van der Waals surface area contributed by atoms with E-state index in [1.54, 1.807) is 50.4 Å². The number of carbonyl (C=O) groups is 3. The molecule has 0 bridgehead atoms. The molecule has 3 aromatic rings. The van der Waals surface area contributed by atoms with Crippen molar-refractivity contribution in [3.05, 3.63) is 71.0 Å². The highest BCUT2D eigenvalue weighted by molar-refractivity contribution is 6.21. The van der Waals surface area contributed by atoms with Gasteiger partial charge in [0.2, 0.25) is 0 Å². The topological polar surface area (TPSA) is 113 Å². The molecule has 0 spiro atoms. The van der Waals surface area contributed by atoms with Crippen LogP contribution in [0.3, 0.4) is 0 Å². The van der Waals surface area contributed by atoms with Gasteiger partial charge in [-0.2, -0.15) is 9.90 Å². The first-order chi connectivity index (χ1) is 15.0. The van der Waals surface area contributed by atoms with Crippen molar-refractivity contribution in [2.75, 3.05) is 20.3 Å². The number of hydrogen-bond donors (Lipinski definition) is 0. The van der Waals surface area contributed by atoms with Crippen LogP contribution in [0, 0.1) is 6.92 Å². The summed E-state index contributed by atoms with van der Waals surface area (Å²) in [6, 6.07) is 13.2. The fourth-order valence-corrected chi connectivity index (χ4v) is 2.98. The van der Waals surface area contributed by atoms with E-state index in [1.807, 2.05) is 0 Å². The van der Waals surface area contributed by atoms with E-state index in [0.717, 1.165) is 0 Å². The Morgan fingerprint density at radius 1 is 0.935 bits per heavy atom. The van der Waals surface area contributed by atoms with Gasteiger partial charge in [0.15, 0.2) is 5.69 Å². The lowest BCUT2D eigenvalue weighted by molar-refractivity contribution is -0.0589. The molecule has 0 unspecified atom stereocenters. The molecular weight excluding hydrogens is 404 g/mol. The molecule has 0 saturated carbocycles. The summed E-state index contributed by atoms with van der Waals surface area (Å²) in [6.07, 6.45) is 0. The van der Waals surface area contributed by atoms with Crippen LogP contribution >= 0.6 is 0 Å². The smallest absolute Gasteiger partial charge is 0.385 e. The number of fused-ring (bicyclic) bond motifs is 1. The molecule has 4 rings (SSSR count). The number of carbonyl (C=O) groups excluding carboxylic acids is 3. The van der Waals surface area contributed by atoms with Gasteiger partial charge in [-0.15, -0.1) is 5.10 Å². The zero-order valence-electron chi connectivity index (χ0n) is 16.8. The fraction of sp³-hybridized carbons (Fsp3) is 0.190. The maximum Gasteiger partial charge on any atom is 0.385 e. The number of nitrogens with zero attached hydrogens (tertiary/aromatic N) is 4. The van der Waals surface area contributed by atoms with E-state index in [1.165, 1.54) is 16.9 Å². The number of imide groups is 1. The number of methoxy groups -OCH3 is 1. The van der Waals surface area contributed by atoms with Gasteiger partial charge >= 0.3 is 5.97 Å². The van der Waals surface area contributed by atoms with Crippen LogP contribution < -0.4 is 4.74 Å². The summed E-state index contributed by atoms with van der Waals surface area (Å²) >= 11 is 0. The SMILES string of the molecule is COCCOc1ccc(-n2nc(C)c(C(=O)ON3C(=O)c4ccccc4C3=O)n2)cc1. The molecule has 0 aliphatic carbocycles. The van der Waals surface area contributed by atoms with Crippen molar-refractivity contribution in [1.29, 1.82) is 0 Å². The van der Waals surface area contributed by atoms with E-state index in [4.69, 9.17) is 14.3 Å². The molecule has 1 aliphatic rings. The van der Waals surface area contributed by atoms with Crippen molar-refractivity contribution >= 4 is 17.8 Å². The molecule has 0 N–H and O–H groups in total. The van der Waals surface area contributed by atoms with E-state index in [9.17, 15) is 14.4 Å². The number of hydrogen-bond acceptors (Lipinski definition) is 8. The fourth-order valence-electron chi connectivity index (χ4n) is 2.98. The minimum absolute atomic E-state index is 0.114. The molecule has 0 radical (unpaired) electrons. The normalized spacial score (nSPS) is 12.8. The largest absolute Gasteiger partial charge is 0.491 e. The summed E-state index contributed by atoms with van der Waals surface area (Å²) in [5.41, 5.74) is 1.10. The van der Waals surface area contributed by atoms with Gasteiger partial charge < -0.3 is 14.3 Å². The number of aromatic nitrogens is 3. The molecule has 0 atom stereocenters. The average molecular weight is 422 g/mol. The van der Waals surface area contributed by atoms with E-state index in [-0.39, 0.29) is 22.5 Å². The third-order valence-corrected chi connectivity index (χ3v) is 4.53. The van der Waals surface area contributed by atoms with Gasteiger partial charge in [0, 0.05) is 7.11 Å². The van der Waals surface area contributed by atoms with Crippen LogP contribution in [-0.2, 0) is 9.57 Å². The lowest BCUT2D eigenvalue weighted by Crippen LogP contribution is -2.33. The predicted molar refractivity (Wildman–Crippen MR) is 106 cm³/mol. The molecule has 2 amide bonds. The van der Waals surface area contributed by atoms with Crippen molar-refractivity contribution in [3.8, 4) is 11.4 Å². The van der Waals surface area contributed by atoms with Crippen molar-refractivity contribution in [2.45, 2.75) is 6.92 Å². The molecule has 0 saturated heterocycles. The van der Waals surface area contributed by atoms with Crippen molar-refractivity contribution in [2.24, 2.45) is 0 Å². The van der Waals surface area contributed by atoms with E-state index >= 15 is 0 Å². The number of hydroxylamine groups is 2. The Bertz CT molecular complexity index is 1120. The first kappa shape index (κ1) is 20.2. The van der Waals surface area contributed by atoms with E-state index < -0.39 is 17.8 Å². The van der Waals surface area contributed by atoms with Crippen molar-refractivity contribution in [1.82, 2.24) is 20.1 Å². The summed E-state index contributed by atoms with van der Waals surface area (Å²) in [5.74, 6) is -1.72. The van der Waals surface area contributed by atoms with Crippen LogP contribution in [0.2, 0.25) is 0 Å². The maximum atomic E-state index is 12.6. The molecule has 1 aromatic heterocycles. The maximum absolute atomic E-state index is 12.6. The molecule has 10 nitrogen and oxygen atoms in total. The van der Waals surface area contributed by atoms with Crippen LogP contribution in [0.15, 0.2) is 48.5 Å². The summed E-state index contributed by atoms with van der Waals surface area (Å²) in [6.45, 7) is 2.47. The minimum Gasteiger partial charge on any atom is -0.491 e. The molecular formula is C21H18N4O6. The van der Waals surface area contributed by atoms with Gasteiger partial charge in [0.1, 0.15) is 12.4 Å². The summed E-state index contributed by atoms with van der Waals surface area (Å²) < 4.78 is 10.4. The van der Waals surface area contributed by atoms with E-state index in [2.05, 4.69) is 10.2 Å². The highest BCUT2D eigenvalue weighted by Gasteiger charge is 2.39. The van der Waals surface area contributed by atoms with E-state index in [0.29, 0.717) is 29.7 Å². The summed E-state index contributed by atoms with van der Waals surface area (Å²) in [7, 11) is 1.59. The second kappa shape index (κ2) is 8.36. The number of aryl methyl sites for hydroxylation is 1. The first-order valence-electron chi connectivity index (χ1n) is 9.36. The number of rotatable bonds is 7. The molecule has 0 fully saturated rings. The molecule has 2 heterocycles. The zero-order valence-corrected chi connectivity index (χ0v) is 16.8. The number of amides is 2. The van der Waals surface area contributed by atoms with Gasteiger partial charge in [-0.1, -0.05) is 17.2 Å². The monoisotopic (exact) mass is 422 g/mol. The highest BCUT2D eigenvalue weighted by atomic mass is 16.7. The van der Waals surface area contributed by atoms with Gasteiger partial charge in [-0.3, -0.25) is 9.59 Å². The van der Waals surface area contributed by atoms with Crippen molar-refractivity contribution in [3.63, 3.8) is 0 Å². The summed E-state index contributed by atoms with van der Waals surface area (Å²) in [4.78, 5) is 43.7. The number of ether oxygens (including phenoxy) is 2. The Hall–Kier alpha value is -4.05. The van der Waals surface area contributed by atoms with Crippen molar-refractivity contribution < 1.29 is 28.7 Å². The molecule has 1 aliphatic heterocycles. The lowest BCUT2D eigenvalue weighted by atomic mass is 10.1. The molecule has 2 aromatic carbocycles. The molecule has 158 valence electrons. The Labute approximate surface area is 176 Å². The zero-order chi connectivity index (χ0) is 22.0. The van der Waals surface area contributed by atoms with Gasteiger partial charge in [0.05, 0.1) is 29.1 Å². The van der Waals surface area contributed by atoms with Gasteiger partial charge in [-0.05, 0) is 43.3 Å². The third kappa shape index (κ3) is 3.88. The summed E-state index contributed by atoms with van der Waals surface area (Å²) in [5, 5.41) is 8.80. The van der Waals surface area contributed by atoms with Crippen LogP contribution in [0.4, 0.5) is 0 Å².